The number of H-pyrrole nitrogens is 1. The van der Waals surface area contributed by atoms with Gasteiger partial charge in [0.25, 0.3) is 0 Å². The number of benzene rings is 1. The fourth-order valence-electron chi connectivity index (χ4n) is 3.03. The first-order chi connectivity index (χ1) is 9.36. The van der Waals surface area contributed by atoms with Crippen molar-refractivity contribution >= 4 is 10.9 Å². The summed E-state index contributed by atoms with van der Waals surface area (Å²) in [6.07, 6.45) is 4.81. The van der Waals surface area contributed by atoms with Gasteiger partial charge in [0.15, 0.2) is 0 Å². The van der Waals surface area contributed by atoms with Crippen LogP contribution >= 0.6 is 0 Å². The van der Waals surface area contributed by atoms with Gasteiger partial charge in [0, 0.05) is 36.2 Å². The fraction of sp³-hybridized carbons (Fsp3) is 0.500. The molecule has 0 radical (unpaired) electrons. The van der Waals surface area contributed by atoms with E-state index < -0.39 is 0 Å². The molecule has 1 unspecified atom stereocenters. The van der Waals surface area contributed by atoms with E-state index in [4.69, 9.17) is 0 Å². The van der Waals surface area contributed by atoms with E-state index in [9.17, 15) is 0 Å². The number of fused-ring (bicyclic) bond motifs is 1. The van der Waals surface area contributed by atoms with Crippen LogP contribution in [0.2, 0.25) is 0 Å². The molecule has 0 bridgehead atoms. The molecule has 1 aromatic heterocycles. The summed E-state index contributed by atoms with van der Waals surface area (Å²) in [5, 5.41) is 4.95. The van der Waals surface area contributed by atoms with Crippen LogP contribution in [-0.4, -0.2) is 35.6 Å². The van der Waals surface area contributed by atoms with Crippen molar-refractivity contribution in [3.05, 3.63) is 36.0 Å². The second-order valence-corrected chi connectivity index (χ2v) is 5.48. The maximum Gasteiger partial charge on any atom is 0.0457 e. The van der Waals surface area contributed by atoms with Crippen LogP contribution in [0.15, 0.2) is 30.5 Å². The summed E-state index contributed by atoms with van der Waals surface area (Å²) in [7, 11) is 0. The predicted octanol–water partition coefficient (Wildman–Crippen LogP) is 2.74. The number of hydrogen-bond donors (Lipinski definition) is 2. The first kappa shape index (κ1) is 12.7. The molecule has 3 heteroatoms. The normalized spacial score (nSPS) is 19.6. The maximum atomic E-state index is 3.59. The van der Waals surface area contributed by atoms with Gasteiger partial charge in [-0.25, -0.2) is 0 Å². The Hall–Kier alpha value is -1.32. The van der Waals surface area contributed by atoms with Gasteiger partial charge >= 0.3 is 0 Å². The highest BCUT2D eigenvalue weighted by Gasteiger charge is 2.17. The van der Waals surface area contributed by atoms with E-state index in [1.165, 1.54) is 35.9 Å². The summed E-state index contributed by atoms with van der Waals surface area (Å²) in [6.45, 7) is 6.76. The topological polar surface area (TPSA) is 31.1 Å². The van der Waals surface area contributed by atoms with Crippen LogP contribution in [0.3, 0.4) is 0 Å². The van der Waals surface area contributed by atoms with Crippen LogP contribution in [0.5, 0.6) is 0 Å². The summed E-state index contributed by atoms with van der Waals surface area (Å²) >= 11 is 0. The summed E-state index contributed by atoms with van der Waals surface area (Å²) in [6, 6.07) is 9.25. The van der Waals surface area contributed by atoms with Crippen molar-refractivity contribution in [2.24, 2.45) is 0 Å². The molecule has 0 saturated carbocycles. The number of aromatic amines is 1. The van der Waals surface area contributed by atoms with Gasteiger partial charge in [-0.05, 0) is 37.6 Å². The Labute approximate surface area is 115 Å². The fourth-order valence-corrected chi connectivity index (χ4v) is 3.03. The molecule has 2 aromatic rings. The van der Waals surface area contributed by atoms with E-state index in [1.54, 1.807) is 0 Å². The molecule has 1 atom stereocenters. The van der Waals surface area contributed by atoms with Gasteiger partial charge in [0.2, 0.25) is 0 Å². The third kappa shape index (κ3) is 2.82. The molecule has 19 heavy (non-hydrogen) atoms. The number of hydrogen-bond acceptors (Lipinski definition) is 2. The number of nitrogens with one attached hydrogen (secondary N) is 2. The van der Waals surface area contributed by atoms with Crippen molar-refractivity contribution < 1.29 is 0 Å². The zero-order valence-corrected chi connectivity index (χ0v) is 11.7. The molecule has 0 amide bonds. The molecule has 102 valence electrons. The lowest BCUT2D eigenvalue weighted by molar-refractivity contribution is 0.254. The Kier molecular flexibility index (Phi) is 3.85. The maximum absolute atomic E-state index is 3.59. The molecule has 3 nitrogen and oxygen atoms in total. The van der Waals surface area contributed by atoms with E-state index >= 15 is 0 Å². The molecule has 1 fully saturated rings. The van der Waals surface area contributed by atoms with Crippen molar-refractivity contribution in [3.8, 4) is 0 Å². The van der Waals surface area contributed by atoms with Crippen LogP contribution in [0.25, 0.3) is 10.9 Å². The van der Waals surface area contributed by atoms with Gasteiger partial charge in [-0.2, -0.15) is 0 Å². The first-order valence-electron chi connectivity index (χ1n) is 7.37. The van der Waals surface area contributed by atoms with Crippen molar-refractivity contribution in [3.63, 3.8) is 0 Å². The van der Waals surface area contributed by atoms with Crippen LogP contribution in [0.1, 0.15) is 25.3 Å². The first-order valence-corrected chi connectivity index (χ1v) is 7.37. The number of aromatic nitrogens is 1. The van der Waals surface area contributed by atoms with Crippen molar-refractivity contribution in [1.29, 1.82) is 0 Å². The Morgan fingerprint density at radius 3 is 3.00 bits per heavy atom. The van der Waals surface area contributed by atoms with E-state index in [1.807, 2.05) is 0 Å². The van der Waals surface area contributed by atoms with E-state index in [-0.39, 0.29) is 0 Å². The molecule has 3 rings (SSSR count). The average Bonchev–Trinajstić information content (AvgIpc) is 3.08. The summed E-state index contributed by atoms with van der Waals surface area (Å²) in [5.41, 5.74) is 2.66. The second kappa shape index (κ2) is 5.76. The lowest BCUT2D eigenvalue weighted by Gasteiger charge is -2.24. The molecule has 1 aliphatic heterocycles. The summed E-state index contributed by atoms with van der Waals surface area (Å²) in [5.74, 6) is 0. The van der Waals surface area contributed by atoms with Crippen LogP contribution in [0, 0.1) is 0 Å². The second-order valence-electron chi connectivity index (χ2n) is 5.48. The standard InChI is InChI=1S/C16H23N3/c1-2-19(12-14-6-5-9-17-14)11-13-10-18-16-8-4-3-7-15(13)16/h3-4,7-8,10,14,17-18H,2,5-6,9,11-12H2,1H3. The van der Waals surface area contributed by atoms with Gasteiger partial charge in [-0.15, -0.1) is 0 Å². The lowest BCUT2D eigenvalue weighted by Crippen LogP contribution is -2.37. The SMILES string of the molecule is CCN(Cc1c[nH]c2ccccc12)CC1CCCN1. The van der Waals surface area contributed by atoms with Gasteiger partial charge in [0.1, 0.15) is 0 Å². The number of nitrogens with zero attached hydrogens (tertiary/aromatic N) is 1. The quantitative estimate of drug-likeness (QED) is 0.863. The molecular formula is C16H23N3. The highest BCUT2D eigenvalue weighted by molar-refractivity contribution is 5.82. The third-order valence-corrected chi connectivity index (χ3v) is 4.16. The van der Waals surface area contributed by atoms with Crippen molar-refractivity contribution in [2.75, 3.05) is 19.6 Å². The van der Waals surface area contributed by atoms with Gasteiger partial charge in [-0.3, -0.25) is 4.90 Å². The largest absolute Gasteiger partial charge is 0.361 e. The lowest BCUT2D eigenvalue weighted by atomic mass is 10.1. The zero-order valence-electron chi connectivity index (χ0n) is 11.7. The van der Waals surface area contributed by atoms with Crippen molar-refractivity contribution in [1.82, 2.24) is 15.2 Å². The van der Waals surface area contributed by atoms with Gasteiger partial charge in [0.05, 0.1) is 0 Å². The number of likely N-dealkylation sites (N-methyl/N-ethyl adjacent to an activating group) is 1. The molecule has 0 aliphatic carbocycles. The zero-order chi connectivity index (χ0) is 13.1. The highest BCUT2D eigenvalue weighted by atomic mass is 15.1. The summed E-state index contributed by atoms with van der Waals surface area (Å²) in [4.78, 5) is 5.91. The smallest absolute Gasteiger partial charge is 0.0457 e. The highest BCUT2D eigenvalue weighted by Crippen LogP contribution is 2.19. The van der Waals surface area contributed by atoms with Gasteiger partial charge in [-0.1, -0.05) is 25.1 Å². The molecule has 1 aliphatic rings. The van der Waals surface area contributed by atoms with E-state index in [0.717, 1.165) is 19.6 Å². The Bertz CT molecular complexity index is 526. The Morgan fingerprint density at radius 2 is 2.21 bits per heavy atom. The van der Waals surface area contributed by atoms with Crippen molar-refractivity contribution in [2.45, 2.75) is 32.4 Å². The van der Waals surface area contributed by atoms with E-state index in [2.05, 4.69) is 52.6 Å². The Balaban J connectivity index is 1.71. The Morgan fingerprint density at radius 1 is 1.32 bits per heavy atom. The third-order valence-electron chi connectivity index (χ3n) is 4.16. The van der Waals surface area contributed by atoms with Crippen LogP contribution in [0.4, 0.5) is 0 Å². The van der Waals surface area contributed by atoms with Crippen LogP contribution in [-0.2, 0) is 6.54 Å². The monoisotopic (exact) mass is 257 g/mol. The minimum Gasteiger partial charge on any atom is -0.361 e. The van der Waals surface area contributed by atoms with Gasteiger partial charge < -0.3 is 10.3 Å². The van der Waals surface area contributed by atoms with Crippen LogP contribution < -0.4 is 5.32 Å². The molecule has 0 spiro atoms. The molecule has 1 saturated heterocycles. The number of rotatable bonds is 5. The average molecular weight is 257 g/mol. The number of para-hydroxylation sites is 1. The predicted molar refractivity (Wildman–Crippen MR) is 80.3 cm³/mol. The minimum atomic E-state index is 0.685. The summed E-state index contributed by atoms with van der Waals surface area (Å²) < 4.78 is 0. The van der Waals surface area contributed by atoms with E-state index in [0.29, 0.717) is 6.04 Å². The molecule has 1 aromatic carbocycles. The molecular weight excluding hydrogens is 234 g/mol. The molecule has 2 heterocycles. The molecule has 2 N–H and O–H groups in total. The minimum absolute atomic E-state index is 0.685.